The number of rotatable bonds is 8. The average molecular weight is 442 g/mol. The number of carbonyl (C=O) groups is 1. The number of carbonyl (C=O) groups excluding carboxylic acids is 1. The van der Waals surface area contributed by atoms with Crippen molar-refractivity contribution in [2.75, 3.05) is 26.8 Å². The summed E-state index contributed by atoms with van der Waals surface area (Å²) in [5.74, 6) is 0.399. The van der Waals surface area contributed by atoms with Crippen molar-refractivity contribution in [3.8, 4) is 5.75 Å². The topological polar surface area (TPSA) is 76.8 Å². The van der Waals surface area contributed by atoms with Crippen molar-refractivity contribution in [3.05, 3.63) is 59.5 Å². The van der Waals surface area contributed by atoms with Gasteiger partial charge in [-0.15, -0.1) is 0 Å². The fourth-order valence-corrected chi connectivity index (χ4v) is 4.04. The zero-order valence-electron chi connectivity index (χ0n) is 18.3. The van der Waals surface area contributed by atoms with Gasteiger partial charge in [0.25, 0.3) is 5.91 Å². The minimum Gasteiger partial charge on any atom is -0.497 e. The largest absolute Gasteiger partial charge is 0.497 e. The summed E-state index contributed by atoms with van der Waals surface area (Å²) in [7, 11) is 1.61. The first kappa shape index (κ1) is 22.2. The highest BCUT2D eigenvalue weighted by atomic mass is 19.1. The van der Waals surface area contributed by atoms with E-state index in [9.17, 15) is 9.18 Å². The van der Waals surface area contributed by atoms with E-state index >= 15 is 0 Å². The van der Waals surface area contributed by atoms with E-state index in [1.807, 2.05) is 36.2 Å². The smallest absolute Gasteiger partial charge is 0.268 e. The van der Waals surface area contributed by atoms with E-state index in [-0.39, 0.29) is 17.6 Å². The lowest BCUT2D eigenvalue weighted by atomic mass is 9.92. The fraction of sp³-hybridized carbons (Fsp3) is 0.417. The van der Waals surface area contributed by atoms with Crippen molar-refractivity contribution < 1.29 is 23.2 Å². The molecule has 1 N–H and O–H groups in total. The molecule has 1 aromatic heterocycles. The van der Waals surface area contributed by atoms with Crippen LogP contribution >= 0.6 is 0 Å². The van der Waals surface area contributed by atoms with Crippen LogP contribution in [-0.4, -0.2) is 42.9 Å². The lowest BCUT2D eigenvalue weighted by Gasteiger charge is -2.32. The maximum atomic E-state index is 13.4. The number of fused-ring (bicyclic) bond motifs is 1. The van der Waals surface area contributed by atoms with Gasteiger partial charge < -0.3 is 14.0 Å². The van der Waals surface area contributed by atoms with Gasteiger partial charge in [0, 0.05) is 37.1 Å². The average Bonchev–Trinajstić information content (AvgIpc) is 3.23. The van der Waals surface area contributed by atoms with Crippen LogP contribution in [0.3, 0.4) is 0 Å². The van der Waals surface area contributed by atoms with Crippen molar-refractivity contribution in [2.24, 2.45) is 0 Å². The summed E-state index contributed by atoms with van der Waals surface area (Å²) in [5, 5.41) is 6.96. The van der Waals surface area contributed by atoms with Gasteiger partial charge in [-0.1, -0.05) is 24.2 Å². The Morgan fingerprint density at radius 3 is 2.69 bits per heavy atom. The second-order valence-electron chi connectivity index (χ2n) is 7.97. The molecule has 8 heteroatoms. The molecule has 1 fully saturated rings. The minimum atomic E-state index is -0.687. The van der Waals surface area contributed by atoms with Crippen LogP contribution in [-0.2, 0) is 9.53 Å². The standard InChI is InChI=1S/C24H28FN3O4/c1-3-14-31-23(17-4-7-19(30-2)8-5-17)24(29)26-28-12-10-16(11-13-28)22-20-9-6-18(25)15-21(20)32-27-22/h4-9,15-16,23H,3,10-14H2,1-2H3,(H,26,29). The van der Waals surface area contributed by atoms with Gasteiger partial charge in [-0.3, -0.25) is 10.2 Å². The maximum absolute atomic E-state index is 13.4. The number of benzene rings is 2. The molecule has 0 spiro atoms. The zero-order valence-corrected chi connectivity index (χ0v) is 18.3. The number of hydrazine groups is 1. The third kappa shape index (κ3) is 4.92. The summed E-state index contributed by atoms with van der Waals surface area (Å²) < 4.78 is 29.8. The molecule has 2 heterocycles. The monoisotopic (exact) mass is 441 g/mol. The molecular formula is C24H28FN3O4. The first-order valence-electron chi connectivity index (χ1n) is 10.9. The number of piperidine rings is 1. The summed E-state index contributed by atoms with van der Waals surface area (Å²) >= 11 is 0. The predicted octanol–water partition coefficient (Wildman–Crippen LogP) is 4.35. The Balaban J connectivity index is 1.38. The van der Waals surface area contributed by atoms with Crippen LogP contribution in [0.2, 0.25) is 0 Å². The van der Waals surface area contributed by atoms with E-state index in [0.29, 0.717) is 25.3 Å². The van der Waals surface area contributed by atoms with Gasteiger partial charge in [0.15, 0.2) is 11.7 Å². The van der Waals surface area contributed by atoms with Gasteiger partial charge in [0.1, 0.15) is 11.6 Å². The van der Waals surface area contributed by atoms with Crippen molar-refractivity contribution in [1.29, 1.82) is 0 Å². The van der Waals surface area contributed by atoms with Crippen LogP contribution in [0.25, 0.3) is 11.0 Å². The molecule has 1 unspecified atom stereocenters. The fourth-order valence-electron chi connectivity index (χ4n) is 4.04. The van der Waals surface area contributed by atoms with Gasteiger partial charge in [0.05, 0.1) is 12.8 Å². The Morgan fingerprint density at radius 1 is 1.25 bits per heavy atom. The molecule has 4 rings (SSSR count). The summed E-state index contributed by atoms with van der Waals surface area (Å²) in [6, 6.07) is 11.8. The number of nitrogens with zero attached hydrogens (tertiary/aromatic N) is 2. The molecule has 3 aromatic rings. The Hall–Kier alpha value is -2.97. The first-order chi connectivity index (χ1) is 15.6. The summed E-state index contributed by atoms with van der Waals surface area (Å²) in [5.41, 5.74) is 5.11. The zero-order chi connectivity index (χ0) is 22.5. The van der Waals surface area contributed by atoms with Crippen LogP contribution < -0.4 is 10.2 Å². The summed E-state index contributed by atoms with van der Waals surface area (Å²) in [6.07, 6.45) is 1.75. The molecule has 1 amide bonds. The quantitative estimate of drug-likeness (QED) is 0.560. The molecule has 32 heavy (non-hydrogen) atoms. The van der Waals surface area contributed by atoms with Crippen molar-refractivity contribution in [2.45, 2.75) is 38.2 Å². The highest BCUT2D eigenvalue weighted by Gasteiger charge is 2.28. The Labute approximate surface area is 186 Å². The number of hydrogen-bond acceptors (Lipinski definition) is 6. The molecule has 1 atom stereocenters. The number of amides is 1. The van der Waals surface area contributed by atoms with Gasteiger partial charge in [0.2, 0.25) is 0 Å². The molecular weight excluding hydrogens is 413 g/mol. The van der Waals surface area contributed by atoms with Crippen LogP contribution in [0.15, 0.2) is 47.0 Å². The van der Waals surface area contributed by atoms with Gasteiger partial charge in [-0.2, -0.15) is 0 Å². The number of aromatic nitrogens is 1. The van der Waals surface area contributed by atoms with E-state index in [2.05, 4.69) is 10.6 Å². The van der Waals surface area contributed by atoms with Crippen LogP contribution in [0, 0.1) is 5.82 Å². The van der Waals surface area contributed by atoms with E-state index in [0.717, 1.165) is 41.7 Å². The number of halogens is 1. The molecule has 0 saturated carbocycles. The molecule has 0 radical (unpaired) electrons. The van der Waals surface area contributed by atoms with Gasteiger partial charge in [-0.25, -0.2) is 9.40 Å². The molecule has 1 aliphatic rings. The van der Waals surface area contributed by atoms with Gasteiger partial charge >= 0.3 is 0 Å². The number of ether oxygens (including phenoxy) is 2. The van der Waals surface area contributed by atoms with Crippen molar-refractivity contribution in [3.63, 3.8) is 0 Å². The van der Waals surface area contributed by atoms with Crippen molar-refractivity contribution >= 4 is 16.9 Å². The summed E-state index contributed by atoms with van der Waals surface area (Å²) in [4.78, 5) is 13.0. The van der Waals surface area contributed by atoms with Crippen LogP contribution in [0.1, 0.15) is 49.5 Å². The Kier molecular flexibility index (Phi) is 7.02. The van der Waals surface area contributed by atoms with E-state index in [4.69, 9.17) is 14.0 Å². The SMILES string of the molecule is CCCOC(C(=O)NN1CCC(c2noc3cc(F)ccc23)CC1)c1ccc(OC)cc1. The second kappa shape index (κ2) is 10.1. The molecule has 1 aliphatic heterocycles. The minimum absolute atomic E-state index is 0.190. The Morgan fingerprint density at radius 2 is 2.00 bits per heavy atom. The van der Waals surface area contributed by atoms with Crippen LogP contribution in [0.5, 0.6) is 5.75 Å². The predicted molar refractivity (Wildman–Crippen MR) is 118 cm³/mol. The molecule has 0 aliphatic carbocycles. The van der Waals surface area contributed by atoms with E-state index in [1.54, 1.807) is 13.2 Å². The van der Waals surface area contributed by atoms with E-state index in [1.165, 1.54) is 12.1 Å². The lowest BCUT2D eigenvalue weighted by Crippen LogP contribution is -2.48. The molecule has 2 aromatic carbocycles. The first-order valence-corrected chi connectivity index (χ1v) is 10.9. The second-order valence-corrected chi connectivity index (χ2v) is 7.97. The maximum Gasteiger partial charge on any atom is 0.268 e. The Bertz CT molecular complexity index is 1050. The number of hydrogen-bond donors (Lipinski definition) is 1. The van der Waals surface area contributed by atoms with Gasteiger partial charge in [-0.05, 0) is 49.1 Å². The normalized spacial score (nSPS) is 16.2. The highest BCUT2D eigenvalue weighted by molar-refractivity contribution is 5.82. The van der Waals surface area contributed by atoms with E-state index < -0.39 is 6.10 Å². The molecule has 1 saturated heterocycles. The molecule has 0 bridgehead atoms. The lowest BCUT2D eigenvalue weighted by molar-refractivity contribution is -0.139. The van der Waals surface area contributed by atoms with Crippen molar-refractivity contribution in [1.82, 2.24) is 15.6 Å². The molecule has 7 nitrogen and oxygen atoms in total. The molecule has 170 valence electrons. The van der Waals surface area contributed by atoms with Crippen LogP contribution in [0.4, 0.5) is 4.39 Å². The highest BCUT2D eigenvalue weighted by Crippen LogP contribution is 2.32. The summed E-state index contributed by atoms with van der Waals surface area (Å²) in [6.45, 7) is 3.85. The number of methoxy groups -OCH3 is 1. The third-order valence-corrected chi connectivity index (χ3v) is 5.76. The number of nitrogens with one attached hydrogen (secondary N) is 1. The third-order valence-electron chi connectivity index (χ3n) is 5.76.